The van der Waals surface area contributed by atoms with E-state index >= 15 is 0 Å². The van der Waals surface area contributed by atoms with E-state index in [1.807, 2.05) is 24.3 Å². The van der Waals surface area contributed by atoms with Gasteiger partial charge in [0, 0.05) is 43.2 Å². The molecule has 2 aromatic rings. The van der Waals surface area contributed by atoms with Crippen LogP contribution in [0.5, 0.6) is 0 Å². The van der Waals surface area contributed by atoms with E-state index < -0.39 is 16.1 Å². The molecular formula is C23H30N4O5S. The van der Waals surface area contributed by atoms with Gasteiger partial charge in [-0.1, -0.05) is 6.07 Å². The highest BCUT2D eigenvalue weighted by molar-refractivity contribution is 7.89. The summed E-state index contributed by atoms with van der Waals surface area (Å²) in [5.41, 5.74) is 2.37. The number of ether oxygens (including phenoxy) is 2. The first-order valence-corrected chi connectivity index (χ1v) is 12.6. The van der Waals surface area contributed by atoms with Crippen molar-refractivity contribution in [2.24, 2.45) is 0 Å². The Bertz CT molecular complexity index is 1050. The van der Waals surface area contributed by atoms with Crippen LogP contribution in [0, 0.1) is 0 Å². The maximum absolute atomic E-state index is 12.9. The number of amides is 1. The van der Waals surface area contributed by atoms with E-state index in [1.54, 1.807) is 31.2 Å². The second kappa shape index (κ2) is 10.5. The van der Waals surface area contributed by atoms with Gasteiger partial charge in [0.15, 0.2) is 0 Å². The Morgan fingerprint density at radius 1 is 0.909 bits per heavy atom. The summed E-state index contributed by atoms with van der Waals surface area (Å²) in [7, 11) is -3.60. The van der Waals surface area contributed by atoms with Crippen LogP contribution in [0.4, 0.5) is 17.1 Å². The van der Waals surface area contributed by atoms with Crippen molar-refractivity contribution in [3.63, 3.8) is 0 Å². The summed E-state index contributed by atoms with van der Waals surface area (Å²) in [4.78, 5) is 15.1. The van der Waals surface area contributed by atoms with E-state index in [2.05, 4.69) is 15.5 Å². The summed E-state index contributed by atoms with van der Waals surface area (Å²) in [6.07, 6.45) is 0. The first-order chi connectivity index (χ1) is 15.9. The molecule has 0 aliphatic carbocycles. The predicted octanol–water partition coefficient (Wildman–Crippen LogP) is 1.98. The predicted molar refractivity (Wildman–Crippen MR) is 127 cm³/mol. The van der Waals surface area contributed by atoms with E-state index in [0.717, 1.165) is 32.0 Å². The number of anilines is 3. The molecule has 2 aliphatic rings. The molecule has 9 nitrogen and oxygen atoms in total. The van der Waals surface area contributed by atoms with Crippen LogP contribution >= 0.6 is 0 Å². The topological polar surface area (TPSA) is 100 Å². The van der Waals surface area contributed by atoms with Crippen molar-refractivity contribution < 1.29 is 22.7 Å². The number of rotatable bonds is 7. The fourth-order valence-corrected chi connectivity index (χ4v) is 5.28. The highest BCUT2D eigenvalue weighted by Crippen LogP contribution is 2.22. The standard InChI is InChI=1S/C23H30N4O5S/c1-18(23(28)25-19-5-7-21(8-6-19)26-9-13-31-14-10-26)24-20-3-2-4-22(17-20)33(29,30)27-11-15-32-16-12-27/h2-8,17-18,24H,9-16H2,1H3,(H,25,28)/t18-/m0/s1. The molecule has 2 N–H and O–H groups in total. The minimum atomic E-state index is -3.60. The third-order valence-electron chi connectivity index (χ3n) is 5.73. The lowest BCUT2D eigenvalue weighted by Crippen LogP contribution is -2.40. The zero-order valence-corrected chi connectivity index (χ0v) is 19.5. The molecule has 0 saturated carbocycles. The van der Waals surface area contributed by atoms with E-state index in [0.29, 0.717) is 37.7 Å². The molecule has 0 radical (unpaired) electrons. The van der Waals surface area contributed by atoms with Gasteiger partial charge in [0.1, 0.15) is 6.04 Å². The van der Waals surface area contributed by atoms with Crippen molar-refractivity contribution in [2.45, 2.75) is 17.9 Å². The van der Waals surface area contributed by atoms with Crippen molar-refractivity contribution in [3.8, 4) is 0 Å². The molecule has 0 bridgehead atoms. The van der Waals surface area contributed by atoms with Crippen LogP contribution < -0.4 is 15.5 Å². The molecule has 33 heavy (non-hydrogen) atoms. The third kappa shape index (κ3) is 5.83. The van der Waals surface area contributed by atoms with Gasteiger partial charge in [0.25, 0.3) is 0 Å². The molecule has 2 fully saturated rings. The Kier molecular flexibility index (Phi) is 7.49. The van der Waals surface area contributed by atoms with Gasteiger partial charge in [-0.3, -0.25) is 4.79 Å². The van der Waals surface area contributed by atoms with Crippen molar-refractivity contribution in [1.82, 2.24) is 4.31 Å². The van der Waals surface area contributed by atoms with Crippen LogP contribution in [0.15, 0.2) is 53.4 Å². The second-order valence-electron chi connectivity index (χ2n) is 8.05. The van der Waals surface area contributed by atoms with Crippen LogP contribution in [0.2, 0.25) is 0 Å². The van der Waals surface area contributed by atoms with Crippen LogP contribution in [0.25, 0.3) is 0 Å². The van der Waals surface area contributed by atoms with Gasteiger partial charge in [0.2, 0.25) is 15.9 Å². The number of hydrogen-bond acceptors (Lipinski definition) is 7. The Labute approximate surface area is 194 Å². The zero-order chi connectivity index (χ0) is 23.3. The molecular weight excluding hydrogens is 444 g/mol. The minimum Gasteiger partial charge on any atom is -0.379 e. The van der Waals surface area contributed by atoms with E-state index in [1.165, 1.54) is 4.31 Å². The number of nitrogens with zero attached hydrogens (tertiary/aromatic N) is 2. The number of hydrogen-bond donors (Lipinski definition) is 2. The van der Waals surface area contributed by atoms with Crippen LogP contribution in [0.1, 0.15) is 6.92 Å². The number of carbonyl (C=O) groups excluding carboxylic acids is 1. The number of carbonyl (C=O) groups is 1. The molecule has 10 heteroatoms. The van der Waals surface area contributed by atoms with E-state index in [9.17, 15) is 13.2 Å². The molecule has 0 unspecified atom stereocenters. The Morgan fingerprint density at radius 3 is 2.21 bits per heavy atom. The van der Waals surface area contributed by atoms with Crippen LogP contribution in [0.3, 0.4) is 0 Å². The van der Waals surface area contributed by atoms with Gasteiger partial charge >= 0.3 is 0 Å². The molecule has 1 atom stereocenters. The molecule has 2 saturated heterocycles. The minimum absolute atomic E-state index is 0.195. The number of nitrogens with one attached hydrogen (secondary N) is 2. The SMILES string of the molecule is C[C@H](Nc1cccc(S(=O)(=O)N2CCOCC2)c1)C(=O)Nc1ccc(N2CCOCC2)cc1. The average molecular weight is 475 g/mol. The number of morpholine rings is 2. The number of benzene rings is 2. The average Bonchev–Trinajstić information content (AvgIpc) is 2.85. The lowest BCUT2D eigenvalue weighted by Gasteiger charge is -2.29. The van der Waals surface area contributed by atoms with Gasteiger partial charge in [-0.05, 0) is 49.4 Å². The van der Waals surface area contributed by atoms with E-state index in [-0.39, 0.29) is 10.8 Å². The van der Waals surface area contributed by atoms with Gasteiger partial charge in [-0.2, -0.15) is 4.31 Å². The first-order valence-electron chi connectivity index (χ1n) is 11.1. The fraction of sp³-hybridized carbons (Fsp3) is 0.435. The Morgan fingerprint density at radius 2 is 1.55 bits per heavy atom. The van der Waals surface area contributed by atoms with Gasteiger partial charge in [-0.15, -0.1) is 0 Å². The monoisotopic (exact) mass is 474 g/mol. The Hall–Kier alpha value is -2.66. The molecule has 1 amide bonds. The molecule has 0 aromatic heterocycles. The van der Waals surface area contributed by atoms with Gasteiger partial charge in [0.05, 0.1) is 31.3 Å². The Balaban J connectivity index is 1.36. The molecule has 0 spiro atoms. The molecule has 4 rings (SSSR count). The smallest absolute Gasteiger partial charge is 0.246 e. The second-order valence-corrected chi connectivity index (χ2v) is 9.98. The molecule has 2 aliphatic heterocycles. The highest BCUT2D eigenvalue weighted by Gasteiger charge is 2.26. The maximum Gasteiger partial charge on any atom is 0.246 e. The fourth-order valence-electron chi connectivity index (χ4n) is 3.83. The summed E-state index contributed by atoms with van der Waals surface area (Å²) in [6.45, 7) is 6.34. The normalized spacial score (nSPS) is 18.5. The van der Waals surface area contributed by atoms with Crippen molar-refractivity contribution in [3.05, 3.63) is 48.5 Å². The van der Waals surface area contributed by atoms with Gasteiger partial charge < -0.3 is 25.0 Å². The lowest BCUT2D eigenvalue weighted by atomic mass is 10.2. The summed E-state index contributed by atoms with van der Waals surface area (Å²) < 4.78 is 37.8. The largest absolute Gasteiger partial charge is 0.379 e. The van der Waals surface area contributed by atoms with E-state index in [4.69, 9.17) is 9.47 Å². The van der Waals surface area contributed by atoms with Crippen LogP contribution in [-0.4, -0.2) is 77.3 Å². The highest BCUT2D eigenvalue weighted by atomic mass is 32.2. The zero-order valence-electron chi connectivity index (χ0n) is 18.7. The summed E-state index contributed by atoms with van der Waals surface area (Å²) in [5, 5.41) is 6.00. The quantitative estimate of drug-likeness (QED) is 0.633. The van der Waals surface area contributed by atoms with Crippen molar-refractivity contribution in [1.29, 1.82) is 0 Å². The summed E-state index contributed by atoms with van der Waals surface area (Å²) in [5.74, 6) is -0.212. The maximum atomic E-state index is 12.9. The summed E-state index contributed by atoms with van der Waals surface area (Å²) in [6, 6.07) is 13.7. The lowest BCUT2D eigenvalue weighted by molar-refractivity contribution is -0.116. The molecule has 2 aromatic carbocycles. The van der Waals surface area contributed by atoms with Crippen LogP contribution in [-0.2, 0) is 24.3 Å². The van der Waals surface area contributed by atoms with Crippen molar-refractivity contribution in [2.75, 3.05) is 68.1 Å². The van der Waals surface area contributed by atoms with Crippen molar-refractivity contribution >= 4 is 33.0 Å². The van der Waals surface area contributed by atoms with Gasteiger partial charge in [-0.25, -0.2) is 8.42 Å². The molecule has 178 valence electrons. The summed E-state index contributed by atoms with van der Waals surface area (Å²) >= 11 is 0. The first kappa shape index (κ1) is 23.5. The number of sulfonamides is 1. The third-order valence-corrected chi connectivity index (χ3v) is 7.62. The molecule has 2 heterocycles.